The third-order valence-electron chi connectivity index (χ3n) is 3.90. The second-order valence-electron chi connectivity index (χ2n) is 6.32. The van der Waals surface area contributed by atoms with E-state index in [4.69, 9.17) is 15.3 Å². The molecule has 0 radical (unpaired) electrons. The highest BCUT2D eigenvalue weighted by molar-refractivity contribution is 5.98. The van der Waals surface area contributed by atoms with Crippen LogP contribution in [0.25, 0.3) is 0 Å². The highest BCUT2D eigenvalue weighted by atomic mass is 19.3. The van der Waals surface area contributed by atoms with Crippen molar-refractivity contribution in [3.63, 3.8) is 0 Å². The molecule has 2 rings (SSSR count). The number of oxime groups is 1. The smallest absolute Gasteiger partial charge is 0.387 e. The van der Waals surface area contributed by atoms with E-state index in [0.29, 0.717) is 17.2 Å². The van der Waals surface area contributed by atoms with Crippen molar-refractivity contribution < 1.29 is 27.9 Å². The number of benzene rings is 2. The predicted molar refractivity (Wildman–Crippen MR) is 105 cm³/mol. The van der Waals surface area contributed by atoms with Gasteiger partial charge in [0.15, 0.2) is 23.9 Å². The van der Waals surface area contributed by atoms with Crippen molar-refractivity contribution in [2.75, 3.05) is 19.0 Å². The summed E-state index contributed by atoms with van der Waals surface area (Å²) < 4.78 is 34.1. The molecule has 29 heavy (non-hydrogen) atoms. The standard InChI is InChI=1S/C20H23F2N3O4/c1-12(2)13-4-7-15(8-5-13)24-18(26)11-28-25-19(23)14-6-9-16(29-20(21)22)17(10-14)27-3/h4-10,12,20H,11H2,1-3H3,(H2,23,25)(H,24,26). The number of carbonyl (C=O) groups is 1. The topological polar surface area (TPSA) is 95.2 Å². The first-order valence-electron chi connectivity index (χ1n) is 8.78. The summed E-state index contributed by atoms with van der Waals surface area (Å²) in [6.45, 7) is 0.831. The summed E-state index contributed by atoms with van der Waals surface area (Å²) in [7, 11) is 1.30. The third-order valence-corrected chi connectivity index (χ3v) is 3.90. The van der Waals surface area contributed by atoms with E-state index in [-0.39, 0.29) is 23.9 Å². The van der Waals surface area contributed by atoms with Gasteiger partial charge in [0, 0.05) is 11.3 Å². The second-order valence-corrected chi connectivity index (χ2v) is 6.32. The molecule has 0 unspecified atom stereocenters. The quantitative estimate of drug-likeness (QED) is 0.376. The molecule has 9 heteroatoms. The zero-order valence-corrected chi connectivity index (χ0v) is 16.3. The maximum Gasteiger partial charge on any atom is 0.387 e. The normalized spacial score (nSPS) is 11.5. The van der Waals surface area contributed by atoms with E-state index in [9.17, 15) is 13.6 Å². The molecule has 0 bridgehead atoms. The van der Waals surface area contributed by atoms with Gasteiger partial charge in [-0.05, 0) is 41.8 Å². The fourth-order valence-electron chi connectivity index (χ4n) is 2.38. The number of anilines is 1. The number of hydrogen-bond acceptors (Lipinski definition) is 5. The number of amidine groups is 1. The van der Waals surface area contributed by atoms with Gasteiger partial charge in [-0.3, -0.25) is 4.79 Å². The van der Waals surface area contributed by atoms with E-state index < -0.39 is 12.5 Å². The maximum atomic E-state index is 12.4. The lowest BCUT2D eigenvalue weighted by Gasteiger charge is -2.11. The van der Waals surface area contributed by atoms with Gasteiger partial charge in [0.1, 0.15) is 0 Å². The van der Waals surface area contributed by atoms with Crippen molar-refractivity contribution in [3.8, 4) is 11.5 Å². The Kier molecular flexibility index (Phi) is 7.76. The average molecular weight is 407 g/mol. The summed E-state index contributed by atoms with van der Waals surface area (Å²) in [5, 5.41) is 6.35. The van der Waals surface area contributed by atoms with E-state index in [2.05, 4.69) is 29.1 Å². The van der Waals surface area contributed by atoms with Gasteiger partial charge in [-0.2, -0.15) is 8.78 Å². The zero-order chi connectivity index (χ0) is 21.4. The molecular weight excluding hydrogens is 384 g/mol. The third kappa shape index (κ3) is 6.63. The van der Waals surface area contributed by atoms with Crippen LogP contribution in [-0.4, -0.2) is 32.1 Å². The van der Waals surface area contributed by atoms with Crippen molar-refractivity contribution in [2.45, 2.75) is 26.4 Å². The Morgan fingerprint density at radius 1 is 1.14 bits per heavy atom. The minimum atomic E-state index is -2.98. The molecule has 2 aromatic carbocycles. The number of rotatable bonds is 9. The first-order chi connectivity index (χ1) is 13.8. The first kappa shape index (κ1) is 21.9. The molecule has 0 aliphatic heterocycles. The van der Waals surface area contributed by atoms with Gasteiger partial charge < -0.3 is 25.4 Å². The fourth-order valence-corrected chi connectivity index (χ4v) is 2.38. The maximum absolute atomic E-state index is 12.4. The molecule has 0 saturated heterocycles. The minimum Gasteiger partial charge on any atom is -0.493 e. The summed E-state index contributed by atoms with van der Waals surface area (Å²) in [5.74, 6) is -0.139. The van der Waals surface area contributed by atoms with Crippen molar-refractivity contribution >= 4 is 17.4 Å². The molecule has 0 fully saturated rings. The SMILES string of the molecule is COc1cc(/C(N)=N/OCC(=O)Nc2ccc(C(C)C)cc2)ccc1OC(F)F. The number of nitrogens with zero attached hydrogens (tertiary/aromatic N) is 1. The van der Waals surface area contributed by atoms with Gasteiger partial charge in [0.05, 0.1) is 7.11 Å². The molecule has 0 saturated carbocycles. The van der Waals surface area contributed by atoms with Crippen LogP contribution in [0.2, 0.25) is 0 Å². The van der Waals surface area contributed by atoms with Gasteiger partial charge >= 0.3 is 6.61 Å². The number of hydrogen-bond donors (Lipinski definition) is 2. The monoisotopic (exact) mass is 407 g/mol. The van der Waals surface area contributed by atoms with E-state index in [0.717, 1.165) is 5.56 Å². The molecule has 0 spiro atoms. The molecule has 7 nitrogen and oxygen atoms in total. The van der Waals surface area contributed by atoms with Gasteiger partial charge in [-0.1, -0.05) is 31.1 Å². The van der Waals surface area contributed by atoms with Gasteiger partial charge in [0.25, 0.3) is 5.91 Å². The molecule has 3 N–H and O–H groups in total. The number of nitrogens with one attached hydrogen (secondary N) is 1. The largest absolute Gasteiger partial charge is 0.493 e. The van der Waals surface area contributed by atoms with Crippen LogP contribution in [0.15, 0.2) is 47.6 Å². The van der Waals surface area contributed by atoms with Crippen molar-refractivity contribution in [2.24, 2.45) is 10.9 Å². The summed E-state index contributed by atoms with van der Waals surface area (Å²) in [6.07, 6.45) is 0. The summed E-state index contributed by atoms with van der Waals surface area (Å²) in [4.78, 5) is 16.9. The Balaban J connectivity index is 1.92. The number of ether oxygens (including phenoxy) is 2. The predicted octanol–water partition coefficient (Wildman–Crippen LogP) is 3.70. The summed E-state index contributed by atoms with van der Waals surface area (Å²) in [5.41, 5.74) is 7.96. The molecule has 2 aromatic rings. The Bertz CT molecular complexity index is 855. The molecule has 0 heterocycles. The van der Waals surface area contributed by atoms with Crippen molar-refractivity contribution in [1.29, 1.82) is 0 Å². The second kappa shape index (κ2) is 10.3. The Hall–Kier alpha value is -3.36. The molecule has 156 valence electrons. The lowest BCUT2D eigenvalue weighted by molar-refractivity contribution is -0.120. The van der Waals surface area contributed by atoms with Gasteiger partial charge in [-0.15, -0.1) is 0 Å². The number of alkyl halides is 2. The molecule has 0 aliphatic carbocycles. The summed E-state index contributed by atoms with van der Waals surface area (Å²) >= 11 is 0. The number of amides is 1. The van der Waals surface area contributed by atoms with Crippen LogP contribution >= 0.6 is 0 Å². The summed E-state index contributed by atoms with van der Waals surface area (Å²) in [6, 6.07) is 11.5. The highest BCUT2D eigenvalue weighted by Gasteiger charge is 2.13. The zero-order valence-electron chi connectivity index (χ0n) is 16.3. The molecule has 0 aliphatic rings. The lowest BCUT2D eigenvalue weighted by Crippen LogP contribution is -2.19. The molecule has 0 atom stereocenters. The van der Waals surface area contributed by atoms with Crippen LogP contribution in [0.3, 0.4) is 0 Å². The molecular formula is C20H23F2N3O4. The Morgan fingerprint density at radius 2 is 1.83 bits per heavy atom. The molecule has 0 aromatic heterocycles. The Labute approximate surface area is 167 Å². The van der Waals surface area contributed by atoms with Gasteiger partial charge in [-0.25, -0.2) is 0 Å². The first-order valence-corrected chi connectivity index (χ1v) is 8.78. The number of nitrogens with two attached hydrogens (primary N) is 1. The van der Waals surface area contributed by atoms with Crippen LogP contribution in [0.1, 0.15) is 30.9 Å². The number of methoxy groups -OCH3 is 1. The van der Waals surface area contributed by atoms with Gasteiger partial charge in [0.2, 0.25) is 0 Å². The van der Waals surface area contributed by atoms with Crippen LogP contribution in [-0.2, 0) is 9.63 Å². The minimum absolute atomic E-state index is 0.0546. The number of carbonyl (C=O) groups excluding carboxylic acids is 1. The van der Waals surface area contributed by atoms with Crippen molar-refractivity contribution in [3.05, 3.63) is 53.6 Å². The van der Waals surface area contributed by atoms with E-state index >= 15 is 0 Å². The van der Waals surface area contributed by atoms with Crippen LogP contribution < -0.4 is 20.5 Å². The fraction of sp³-hybridized carbons (Fsp3) is 0.300. The lowest BCUT2D eigenvalue weighted by atomic mass is 10.0. The Morgan fingerprint density at radius 3 is 2.41 bits per heavy atom. The number of halogens is 2. The van der Waals surface area contributed by atoms with Crippen LogP contribution in [0.5, 0.6) is 11.5 Å². The molecule has 1 amide bonds. The highest BCUT2D eigenvalue weighted by Crippen LogP contribution is 2.29. The average Bonchev–Trinajstić information content (AvgIpc) is 2.68. The van der Waals surface area contributed by atoms with E-state index in [1.54, 1.807) is 12.1 Å². The van der Waals surface area contributed by atoms with E-state index in [1.165, 1.54) is 25.3 Å². The van der Waals surface area contributed by atoms with Crippen molar-refractivity contribution in [1.82, 2.24) is 0 Å². The van der Waals surface area contributed by atoms with Crippen LogP contribution in [0.4, 0.5) is 14.5 Å². The van der Waals surface area contributed by atoms with E-state index in [1.807, 2.05) is 12.1 Å². The van der Waals surface area contributed by atoms with Crippen LogP contribution in [0, 0.1) is 0 Å².